The number of carbonyl (C=O) groups is 1. The van der Waals surface area contributed by atoms with Gasteiger partial charge in [-0.1, -0.05) is 6.07 Å². The molecule has 0 aliphatic carbocycles. The quantitative estimate of drug-likeness (QED) is 0.866. The summed E-state index contributed by atoms with van der Waals surface area (Å²) in [5.41, 5.74) is 9.10. The zero-order chi connectivity index (χ0) is 12.6. The fraction of sp³-hybridized carbons (Fsp3) is 0.462. The van der Waals surface area contributed by atoms with Crippen molar-refractivity contribution in [3.8, 4) is 0 Å². The van der Waals surface area contributed by atoms with Crippen molar-refractivity contribution in [3.63, 3.8) is 0 Å². The fourth-order valence-electron chi connectivity index (χ4n) is 2.38. The molecule has 0 saturated carbocycles. The summed E-state index contributed by atoms with van der Waals surface area (Å²) in [4.78, 5) is 13.9. The summed E-state index contributed by atoms with van der Waals surface area (Å²) in [7, 11) is 0. The number of amides is 1. The highest BCUT2D eigenvalue weighted by molar-refractivity contribution is 9.10. The summed E-state index contributed by atoms with van der Waals surface area (Å²) in [5, 5.41) is 0. The van der Waals surface area contributed by atoms with E-state index in [-0.39, 0.29) is 11.9 Å². The van der Waals surface area contributed by atoms with Crippen molar-refractivity contribution in [2.75, 3.05) is 11.4 Å². The molecule has 1 heterocycles. The van der Waals surface area contributed by atoms with E-state index in [1.807, 2.05) is 24.8 Å². The van der Waals surface area contributed by atoms with Crippen molar-refractivity contribution in [2.45, 2.75) is 32.7 Å². The summed E-state index contributed by atoms with van der Waals surface area (Å²) < 4.78 is 0.970. The number of carbonyl (C=O) groups excluding carboxylic acids is 1. The molecule has 0 aromatic heterocycles. The molecule has 1 aromatic carbocycles. The van der Waals surface area contributed by atoms with Crippen molar-refractivity contribution in [1.29, 1.82) is 0 Å². The monoisotopic (exact) mass is 296 g/mol. The Labute approximate surface area is 110 Å². The molecular formula is C13H17BrN2O. The number of nitrogens with two attached hydrogens (primary N) is 1. The molecule has 17 heavy (non-hydrogen) atoms. The van der Waals surface area contributed by atoms with Gasteiger partial charge in [-0.3, -0.25) is 4.79 Å². The summed E-state index contributed by atoms with van der Waals surface area (Å²) in [6.45, 7) is 4.83. The van der Waals surface area contributed by atoms with Crippen LogP contribution < -0.4 is 10.6 Å². The normalized spacial score (nSPS) is 20.8. The second-order valence-electron chi connectivity index (χ2n) is 4.65. The van der Waals surface area contributed by atoms with E-state index >= 15 is 0 Å². The molecule has 1 aliphatic rings. The van der Waals surface area contributed by atoms with E-state index in [1.54, 1.807) is 0 Å². The van der Waals surface area contributed by atoms with E-state index in [9.17, 15) is 4.79 Å². The molecule has 1 amide bonds. The zero-order valence-corrected chi connectivity index (χ0v) is 11.8. The van der Waals surface area contributed by atoms with Crippen LogP contribution in [0.2, 0.25) is 0 Å². The molecule has 1 aromatic rings. The number of hydrogen-bond acceptors (Lipinski definition) is 2. The zero-order valence-electron chi connectivity index (χ0n) is 10.2. The van der Waals surface area contributed by atoms with Gasteiger partial charge in [0, 0.05) is 11.0 Å². The predicted octanol–water partition coefficient (Wildman–Crippen LogP) is 2.52. The van der Waals surface area contributed by atoms with Crippen molar-refractivity contribution >= 4 is 27.5 Å². The molecule has 0 radical (unpaired) electrons. The van der Waals surface area contributed by atoms with Crippen LogP contribution in [-0.2, 0) is 4.79 Å². The fourth-order valence-corrected chi connectivity index (χ4v) is 3.26. The first-order valence-corrected chi connectivity index (χ1v) is 6.63. The lowest BCUT2D eigenvalue weighted by Crippen LogP contribution is -2.48. The molecule has 2 rings (SSSR count). The van der Waals surface area contributed by atoms with Gasteiger partial charge < -0.3 is 10.6 Å². The highest BCUT2D eigenvalue weighted by Gasteiger charge is 2.28. The molecule has 92 valence electrons. The van der Waals surface area contributed by atoms with E-state index in [2.05, 4.69) is 22.0 Å². The Hall–Kier alpha value is -0.870. The van der Waals surface area contributed by atoms with Crippen LogP contribution in [-0.4, -0.2) is 18.5 Å². The first-order valence-electron chi connectivity index (χ1n) is 5.84. The lowest BCUT2D eigenvalue weighted by atomic mass is 10.0. The number of piperidine rings is 1. The molecule has 1 atom stereocenters. The van der Waals surface area contributed by atoms with Crippen molar-refractivity contribution in [1.82, 2.24) is 0 Å². The second kappa shape index (κ2) is 4.78. The molecule has 1 saturated heterocycles. The number of nitrogens with zero attached hydrogens (tertiary/aromatic N) is 1. The van der Waals surface area contributed by atoms with Crippen LogP contribution in [0, 0.1) is 13.8 Å². The maximum Gasteiger partial charge on any atom is 0.243 e. The molecule has 1 aliphatic heterocycles. The van der Waals surface area contributed by atoms with Gasteiger partial charge in [0.15, 0.2) is 0 Å². The predicted molar refractivity (Wildman–Crippen MR) is 73.2 cm³/mol. The maximum atomic E-state index is 12.1. The number of halogens is 1. The maximum absolute atomic E-state index is 12.1. The van der Waals surface area contributed by atoms with Crippen molar-refractivity contribution in [3.05, 3.63) is 27.7 Å². The average molecular weight is 297 g/mol. The number of aryl methyl sites for hydroxylation is 2. The van der Waals surface area contributed by atoms with Gasteiger partial charge in [0.2, 0.25) is 5.91 Å². The van der Waals surface area contributed by atoms with Gasteiger partial charge in [0.05, 0.1) is 11.7 Å². The highest BCUT2D eigenvalue weighted by atomic mass is 79.9. The first kappa shape index (κ1) is 12.6. The van der Waals surface area contributed by atoms with Crippen LogP contribution in [0.1, 0.15) is 24.0 Å². The van der Waals surface area contributed by atoms with Gasteiger partial charge >= 0.3 is 0 Å². The lowest BCUT2D eigenvalue weighted by Gasteiger charge is -2.32. The van der Waals surface area contributed by atoms with Gasteiger partial charge in [0.1, 0.15) is 0 Å². The Morgan fingerprint density at radius 2 is 2.12 bits per heavy atom. The SMILES string of the molecule is Cc1cc(C)c(N2CCCC(N)C2=O)c(Br)c1. The van der Waals surface area contributed by atoms with E-state index < -0.39 is 0 Å². The van der Waals surface area contributed by atoms with Gasteiger partial charge in [-0.2, -0.15) is 0 Å². The smallest absolute Gasteiger partial charge is 0.243 e. The van der Waals surface area contributed by atoms with E-state index in [4.69, 9.17) is 5.73 Å². The third kappa shape index (κ3) is 2.38. The first-order chi connectivity index (χ1) is 8.00. The molecule has 4 heteroatoms. The standard InChI is InChI=1S/C13H17BrN2O/c1-8-6-9(2)12(10(14)7-8)16-5-3-4-11(15)13(16)17/h6-7,11H,3-5,15H2,1-2H3. The van der Waals surface area contributed by atoms with Crippen molar-refractivity contribution < 1.29 is 4.79 Å². The molecule has 1 unspecified atom stereocenters. The van der Waals surface area contributed by atoms with E-state index in [0.29, 0.717) is 0 Å². The van der Waals surface area contributed by atoms with E-state index in [0.717, 1.165) is 35.1 Å². The molecule has 0 bridgehead atoms. The topological polar surface area (TPSA) is 46.3 Å². The third-order valence-electron chi connectivity index (χ3n) is 3.15. The molecular weight excluding hydrogens is 280 g/mol. The van der Waals surface area contributed by atoms with Crippen LogP contribution in [0.25, 0.3) is 0 Å². The Bertz CT molecular complexity index is 436. The minimum atomic E-state index is -0.351. The van der Waals surface area contributed by atoms with E-state index in [1.165, 1.54) is 5.56 Å². The van der Waals surface area contributed by atoms with Crippen LogP contribution in [0.3, 0.4) is 0 Å². The summed E-state index contributed by atoms with van der Waals surface area (Å²) >= 11 is 3.55. The molecule has 2 N–H and O–H groups in total. The number of hydrogen-bond donors (Lipinski definition) is 1. The molecule has 1 fully saturated rings. The second-order valence-corrected chi connectivity index (χ2v) is 5.51. The Balaban J connectivity index is 2.43. The highest BCUT2D eigenvalue weighted by Crippen LogP contribution is 2.33. The summed E-state index contributed by atoms with van der Waals surface area (Å²) in [6.07, 6.45) is 1.75. The van der Waals surface area contributed by atoms with Gasteiger partial charge in [-0.15, -0.1) is 0 Å². The Morgan fingerprint density at radius 3 is 2.76 bits per heavy atom. The van der Waals surface area contributed by atoms with Crippen LogP contribution >= 0.6 is 15.9 Å². The number of benzene rings is 1. The van der Waals surface area contributed by atoms with Crippen LogP contribution in [0.4, 0.5) is 5.69 Å². The number of rotatable bonds is 1. The summed E-state index contributed by atoms with van der Waals surface area (Å²) in [5.74, 6) is 0.0314. The molecule has 0 spiro atoms. The minimum absolute atomic E-state index is 0.0314. The lowest BCUT2D eigenvalue weighted by molar-refractivity contribution is -0.120. The van der Waals surface area contributed by atoms with Gasteiger partial charge in [0.25, 0.3) is 0 Å². The van der Waals surface area contributed by atoms with Gasteiger partial charge in [-0.05, 0) is 59.8 Å². The van der Waals surface area contributed by atoms with Crippen LogP contribution in [0.5, 0.6) is 0 Å². The Morgan fingerprint density at radius 1 is 1.41 bits per heavy atom. The largest absolute Gasteiger partial charge is 0.320 e. The number of anilines is 1. The average Bonchev–Trinajstić information content (AvgIpc) is 2.23. The van der Waals surface area contributed by atoms with Crippen LogP contribution in [0.15, 0.2) is 16.6 Å². The minimum Gasteiger partial charge on any atom is -0.320 e. The third-order valence-corrected chi connectivity index (χ3v) is 3.75. The van der Waals surface area contributed by atoms with Crippen molar-refractivity contribution in [2.24, 2.45) is 5.73 Å². The van der Waals surface area contributed by atoms with Gasteiger partial charge in [-0.25, -0.2) is 0 Å². The summed E-state index contributed by atoms with van der Waals surface area (Å²) in [6, 6.07) is 3.78. The Kier molecular flexibility index (Phi) is 3.54. The molecule has 3 nitrogen and oxygen atoms in total.